The fraction of sp³-hybridized carbons (Fsp3) is 0.240. The van der Waals surface area contributed by atoms with Crippen molar-refractivity contribution in [2.24, 2.45) is 4.99 Å². The maximum absolute atomic E-state index is 13.5. The summed E-state index contributed by atoms with van der Waals surface area (Å²) >= 11 is 0. The molecule has 1 aromatic heterocycles. The second kappa shape index (κ2) is 9.09. The molecule has 1 saturated heterocycles. The third-order valence-electron chi connectivity index (χ3n) is 6.05. The van der Waals surface area contributed by atoms with Crippen molar-refractivity contribution in [1.82, 2.24) is 9.88 Å². The van der Waals surface area contributed by atoms with Crippen LogP contribution < -0.4 is 14.5 Å². The SMILES string of the molecule is COc1ccc(C(F)(F)F)cc1N1[CH]c2cnccc2N=C1N1CCN(c2ccc(F)cc2)CC1. The van der Waals surface area contributed by atoms with Crippen LogP contribution in [-0.4, -0.2) is 49.1 Å². The van der Waals surface area contributed by atoms with Crippen LogP contribution in [0, 0.1) is 12.4 Å². The zero-order chi connectivity index (χ0) is 24.6. The molecule has 2 aromatic carbocycles. The second-order valence-electron chi connectivity index (χ2n) is 8.18. The van der Waals surface area contributed by atoms with E-state index in [1.165, 1.54) is 25.3 Å². The molecule has 5 rings (SSSR count). The minimum atomic E-state index is -4.51. The Morgan fingerprint density at radius 1 is 0.914 bits per heavy atom. The largest absolute Gasteiger partial charge is 0.495 e. The number of hydrogen-bond donors (Lipinski definition) is 0. The number of ether oxygens (including phenoxy) is 1. The highest BCUT2D eigenvalue weighted by atomic mass is 19.4. The number of nitrogens with zero attached hydrogens (tertiary/aromatic N) is 5. The number of anilines is 2. The van der Waals surface area contributed by atoms with Crippen LogP contribution in [-0.2, 0) is 6.18 Å². The van der Waals surface area contributed by atoms with Crippen molar-refractivity contribution in [3.05, 3.63) is 84.4 Å². The number of piperazine rings is 1. The van der Waals surface area contributed by atoms with E-state index in [9.17, 15) is 17.6 Å². The van der Waals surface area contributed by atoms with Gasteiger partial charge in [0.05, 0.1) is 30.6 Å². The van der Waals surface area contributed by atoms with Gasteiger partial charge in [-0.05, 0) is 48.5 Å². The number of fused-ring (bicyclic) bond motifs is 1. The first-order chi connectivity index (χ1) is 16.8. The molecule has 0 unspecified atom stereocenters. The lowest BCUT2D eigenvalue weighted by Crippen LogP contribution is -2.54. The molecule has 10 heteroatoms. The first-order valence-electron chi connectivity index (χ1n) is 11.0. The second-order valence-corrected chi connectivity index (χ2v) is 8.18. The van der Waals surface area contributed by atoms with Gasteiger partial charge >= 0.3 is 6.18 Å². The van der Waals surface area contributed by atoms with E-state index in [0.29, 0.717) is 49.1 Å². The fourth-order valence-corrected chi connectivity index (χ4v) is 4.23. The minimum Gasteiger partial charge on any atom is -0.495 e. The van der Waals surface area contributed by atoms with Crippen LogP contribution >= 0.6 is 0 Å². The van der Waals surface area contributed by atoms with Crippen molar-refractivity contribution in [1.29, 1.82) is 0 Å². The van der Waals surface area contributed by atoms with E-state index in [-0.39, 0.29) is 11.5 Å². The predicted octanol–water partition coefficient (Wildman–Crippen LogP) is 5.09. The maximum Gasteiger partial charge on any atom is 0.416 e. The Hall–Kier alpha value is -3.82. The lowest BCUT2D eigenvalue weighted by Gasteiger charge is -2.42. The average Bonchev–Trinajstić information content (AvgIpc) is 2.87. The summed E-state index contributed by atoms with van der Waals surface area (Å²) in [6, 6.07) is 11.5. The first-order valence-corrected chi connectivity index (χ1v) is 11.0. The van der Waals surface area contributed by atoms with E-state index in [2.05, 4.69) is 9.88 Å². The molecule has 181 valence electrons. The number of aromatic nitrogens is 1. The van der Waals surface area contributed by atoms with Crippen LogP contribution in [0.1, 0.15) is 11.1 Å². The van der Waals surface area contributed by atoms with Gasteiger partial charge < -0.3 is 14.5 Å². The lowest BCUT2D eigenvalue weighted by molar-refractivity contribution is -0.137. The Morgan fingerprint density at radius 2 is 1.63 bits per heavy atom. The smallest absolute Gasteiger partial charge is 0.416 e. The van der Waals surface area contributed by atoms with Crippen LogP contribution in [0.15, 0.2) is 65.9 Å². The summed E-state index contributed by atoms with van der Waals surface area (Å²) in [4.78, 5) is 14.7. The molecule has 0 aliphatic carbocycles. The van der Waals surface area contributed by atoms with E-state index < -0.39 is 11.7 Å². The van der Waals surface area contributed by atoms with Gasteiger partial charge in [-0.15, -0.1) is 0 Å². The maximum atomic E-state index is 13.5. The summed E-state index contributed by atoms with van der Waals surface area (Å²) < 4.78 is 59.4. The molecule has 0 bridgehead atoms. The lowest BCUT2D eigenvalue weighted by atomic mass is 10.1. The van der Waals surface area contributed by atoms with Crippen molar-refractivity contribution in [3.8, 4) is 5.75 Å². The summed E-state index contributed by atoms with van der Waals surface area (Å²) in [5, 5.41) is 0. The van der Waals surface area contributed by atoms with Crippen LogP contribution in [0.25, 0.3) is 0 Å². The van der Waals surface area contributed by atoms with Crippen molar-refractivity contribution in [2.75, 3.05) is 43.1 Å². The summed E-state index contributed by atoms with van der Waals surface area (Å²) in [7, 11) is 1.42. The van der Waals surface area contributed by atoms with Crippen LogP contribution in [0.3, 0.4) is 0 Å². The number of halogens is 4. The van der Waals surface area contributed by atoms with E-state index in [0.717, 1.165) is 17.8 Å². The third-order valence-corrected chi connectivity index (χ3v) is 6.05. The molecular weight excluding hydrogens is 462 g/mol. The number of pyridine rings is 1. The zero-order valence-corrected chi connectivity index (χ0v) is 18.8. The Kier molecular flexibility index (Phi) is 5.96. The molecule has 0 saturated carbocycles. The van der Waals surface area contributed by atoms with Gasteiger partial charge in [-0.3, -0.25) is 9.88 Å². The molecule has 6 nitrogen and oxygen atoms in total. The topological polar surface area (TPSA) is 44.2 Å². The van der Waals surface area contributed by atoms with Gasteiger partial charge in [0.25, 0.3) is 0 Å². The van der Waals surface area contributed by atoms with Gasteiger partial charge in [0.2, 0.25) is 5.96 Å². The molecule has 0 spiro atoms. The van der Waals surface area contributed by atoms with Crippen molar-refractivity contribution >= 4 is 23.0 Å². The molecule has 2 aliphatic heterocycles. The van der Waals surface area contributed by atoms with E-state index in [1.807, 2.05) is 4.90 Å². The molecule has 0 N–H and O–H groups in total. The highest BCUT2D eigenvalue weighted by Gasteiger charge is 2.35. The molecule has 2 aliphatic rings. The predicted molar refractivity (Wildman–Crippen MR) is 125 cm³/mol. The summed E-state index contributed by atoms with van der Waals surface area (Å²) in [5.41, 5.74) is 1.73. The highest BCUT2D eigenvalue weighted by Crippen LogP contribution is 2.40. The molecule has 0 atom stereocenters. The van der Waals surface area contributed by atoms with Gasteiger partial charge in [-0.2, -0.15) is 13.2 Å². The van der Waals surface area contributed by atoms with Gasteiger partial charge in [-0.1, -0.05) is 0 Å². The van der Waals surface area contributed by atoms with Gasteiger partial charge in [0.15, 0.2) is 0 Å². The molecular formula is C25H22F4N5O. The number of aliphatic imine (C=N–C) groups is 1. The van der Waals surface area contributed by atoms with Gasteiger partial charge in [-0.25, -0.2) is 9.38 Å². The van der Waals surface area contributed by atoms with Gasteiger partial charge in [0.1, 0.15) is 11.6 Å². The summed E-state index contributed by atoms with van der Waals surface area (Å²) in [5.74, 6) is 0.498. The number of guanidine groups is 1. The Bertz CT molecular complexity index is 1240. The van der Waals surface area contributed by atoms with Crippen molar-refractivity contribution in [3.63, 3.8) is 0 Å². The summed E-state index contributed by atoms with van der Waals surface area (Å²) in [6.45, 7) is 4.16. The first kappa shape index (κ1) is 22.9. The Labute approximate surface area is 200 Å². The molecule has 1 radical (unpaired) electrons. The Morgan fingerprint density at radius 3 is 2.31 bits per heavy atom. The monoisotopic (exact) mass is 484 g/mol. The van der Waals surface area contributed by atoms with E-state index >= 15 is 0 Å². The average molecular weight is 484 g/mol. The van der Waals surface area contributed by atoms with E-state index in [4.69, 9.17) is 9.73 Å². The molecule has 35 heavy (non-hydrogen) atoms. The van der Waals surface area contributed by atoms with Gasteiger partial charge in [0, 0.05) is 49.8 Å². The highest BCUT2D eigenvalue weighted by molar-refractivity contribution is 6.03. The number of alkyl halides is 3. The molecule has 1 fully saturated rings. The zero-order valence-electron chi connectivity index (χ0n) is 18.8. The third kappa shape index (κ3) is 4.60. The van der Waals surface area contributed by atoms with Crippen LogP contribution in [0.2, 0.25) is 0 Å². The molecule has 3 aromatic rings. The van der Waals surface area contributed by atoms with E-state index in [1.54, 1.807) is 42.0 Å². The number of hydrogen-bond acceptors (Lipinski definition) is 6. The molecule has 3 heterocycles. The number of benzene rings is 2. The number of methoxy groups -OCH3 is 1. The van der Waals surface area contributed by atoms with Crippen LogP contribution in [0.5, 0.6) is 5.75 Å². The Balaban J connectivity index is 1.49. The summed E-state index contributed by atoms with van der Waals surface area (Å²) in [6.07, 6.45) is -1.26. The van der Waals surface area contributed by atoms with Crippen molar-refractivity contribution in [2.45, 2.75) is 6.18 Å². The normalized spacial score (nSPS) is 16.1. The minimum absolute atomic E-state index is 0.233. The molecule has 0 amide bonds. The van der Waals surface area contributed by atoms with Crippen LogP contribution in [0.4, 0.5) is 34.6 Å². The van der Waals surface area contributed by atoms with Crippen molar-refractivity contribution < 1.29 is 22.3 Å². The fourth-order valence-electron chi connectivity index (χ4n) is 4.23. The quantitative estimate of drug-likeness (QED) is 0.485. The standard InChI is InChI=1S/C25H22F4N5O/c1-35-23-7-2-18(25(27,28)29)14-22(23)34-16-17-15-30-9-8-21(17)31-24(34)33-12-10-32(11-13-33)20-5-3-19(26)4-6-20/h2-9,14-16H,10-13H2,1H3. The number of rotatable bonds is 3.